The number of hydrogen-bond donors (Lipinski definition) is 0. The first-order valence-corrected chi connectivity index (χ1v) is 8.94. The van der Waals surface area contributed by atoms with E-state index in [4.69, 9.17) is 0 Å². The Morgan fingerprint density at radius 3 is 2.31 bits per heavy atom. The third-order valence-electron chi connectivity index (χ3n) is 4.70. The molecule has 0 spiro atoms. The molecule has 3 aromatic rings. The maximum atomic E-state index is 12.7. The second-order valence-corrected chi connectivity index (χ2v) is 6.46. The number of aromatic nitrogens is 1. The molecule has 0 amide bonds. The van der Waals surface area contributed by atoms with Crippen LogP contribution < -0.4 is 5.56 Å². The van der Waals surface area contributed by atoms with Crippen LogP contribution in [-0.2, 0) is 13.5 Å². The Bertz CT molecular complexity index is 993. The molecule has 0 aliphatic rings. The van der Waals surface area contributed by atoms with Gasteiger partial charge in [-0.2, -0.15) is 5.26 Å². The first kappa shape index (κ1) is 17.7. The zero-order chi connectivity index (χ0) is 18.5. The van der Waals surface area contributed by atoms with E-state index < -0.39 is 0 Å². The molecular weight excluding hydrogens is 320 g/mol. The zero-order valence-electron chi connectivity index (χ0n) is 15.2. The molecule has 3 rings (SSSR count). The largest absolute Gasteiger partial charge is 0.310 e. The molecule has 0 radical (unpaired) electrons. The summed E-state index contributed by atoms with van der Waals surface area (Å²) in [7, 11) is 1.72. The number of aryl methyl sites for hydroxylation is 1. The lowest BCUT2D eigenvalue weighted by Crippen LogP contribution is -2.22. The predicted octanol–water partition coefficient (Wildman–Crippen LogP) is 4.93. The third kappa shape index (κ3) is 3.45. The van der Waals surface area contributed by atoms with Crippen molar-refractivity contribution in [2.24, 2.45) is 7.05 Å². The average Bonchev–Trinajstić information content (AvgIpc) is 2.69. The van der Waals surface area contributed by atoms with Crippen molar-refractivity contribution in [3.63, 3.8) is 0 Å². The predicted molar refractivity (Wildman–Crippen MR) is 106 cm³/mol. The van der Waals surface area contributed by atoms with Crippen LogP contribution in [0.1, 0.15) is 30.9 Å². The van der Waals surface area contributed by atoms with E-state index in [-0.39, 0.29) is 11.1 Å². The zero-order valence-corrected chi connectivity index (χ0v) is 15.2. The molecule has 3 nitrogen and oxygen atoms in total. The Balaban J connectivity index is 2.12. The Kier molecular flexibility index (Phi) is 5.34. The van der Waals surface area contributed by atoms with Crippen LogP contribution in [0.25, 0.3) is 22.4 Å². The lowest BCUT2D eigenvalue weighted by Gasteiger charge is -2.13. The molecule has 0 aliphatic carbocycles. The van der Waals surface area contributed by atoms with Gasteiger partial charge in [-0.1, -0.05) is 67.9 Å². The molecule has 26 heavy (non-hydrogen) atoms. The van der Waals surface area contributed by atoms with Gasteiger partial charge >= 0.3 is 0 Å². The van der Waals surface area contributed by atoms with Gasteiger partial charge in [0.2, 0.25) is 0 Å². The van der Waals surface area contributed by atoms with Crippen molar-refractivity contribution in [1.29, 1.82) is 5.26 Å². The summed E-state index contributed by atoms with van der Waals surface area (Å²) in [4.78, 5) is 12.7. The number of pyridine rings is 1. The van der Waals surface area contributed by atoms with Gasteiger partial charge in [-0.05, 0) is 35.6 Å². The lowest BCUT2D eigenvalue weighted by atomic mass is 9.98. The topological polar surface area (TPSA) is 45.8 Å². The highest BCUT2D eigenvalue weighted by atomic mass is 16.1. The highest BCUT2D eigenvalue weighted by molar-refractivity contribution is 5.75. The molecule has 130 valence electrons. The van der Waals surface area contributed by atoms with Gasteiger partial charge < -0.3 is 4.57 Å². The average molecular weight is 342 g/mol. The molecule has 0 N–H and O–H groups in total. The summed E-state index contributed by atoms with van der Waals surface area (Å²) >= 11 is 0. The first-order valence-electron chi connectivity index (χ1n) is 8.94. The van der Waals surface area contributed by atoms with Crippen molar-refractivity contribution < 1.29 is 0 Å². The SMILES string of the molecule is CCCCc1ccc(-c2cc(-c3ccccc3)c(C#N)c(=O)n2C)cc1. The Hall–Kier alpha value is -3.12. The van der Waals surface area contributed by atoms with Crippen molar-refractivity contribution in [3.8, 4) is 28.5 Å². The van der Waals surface area contributed by atoms with Gasteiger partial charge in [-0.3, -0.25) is 4.79 Å². The van der Waals surface area contributed by atoms with Crippen LogP contribution in [0.5, 0.6) is 0 Å². The van der Waals surface area contributed by atoms with Crippen LogP contribution in [0.3, 0.4) is 0 Å². The summed E-state index contributed by atoms with van der Waals surface area (Å²) in [6, 6.07) is 22.0. The third-order valence-corrected chi connectivity index (χ3v) is 4.70. The van der Waals surface area contributed by atoms with Gasteiger partial charge in [0.1, 0.15) is 11.6 Å². The van der Waals surface area contributed by atoms with Crippen LogP contribution in [-0.4, -0.2) is 4.57 Å². The first-order chi connectivity index (χ1) is 12.7. The maximum Gasteiger partial charge on any atom is 0.269 e. The number of unbranched alkanes of at least 4 members (excludes halogenated alkanes) is 1. The summed E-state index contributed by atoms with van der Waals surface area (Å²) in [5, 5.41) is 9.50. The minimum atomic E-state index is -0.265. The quantitative estimate of drug-likeness (QED) is 0.660. The van der Waals surface area contributed by atoms with Crippen molar-refractivity contribution in [1.82, 2.24) is 4.57 Å². The number of benzene rings is 2. The van der Waals surface area contributed by atoms with Gasteiger partial charge in [0, 0.05) is 12.6 Å². The second kappa shape index (κ2) is 7.84. The van der Waals surface area contributed by atoms with Gasteiger partial charge in [0.25, 0.3) is 5.56 Å². The fourth-order valence-corrected chi connectivity index (χ4v) is 3.15. The minimum absolute atomic E-state index is 0.182. The summed E-state index contributed by atoms with van der Waals surface area (Å²) < 4.78 is 1.56. The van der Waals surface area contributed by atoms with Crippen molar-refractivity contribution in [3.05, 3.63) is 82.1 Å². The highest BCUT2D eigenvalue weighted by Gasteiger charge is 2.15. The van der Waals surface area contributed by atoms with Crippen LogP contribution in [0, 0.1) is 11.3 Å². The number of nitriles is 1. The maximum absolute atomic E-state index is 12.7. The Labute approximate surface area is 154 Å². The van der Waals surface area contributed by atoms with Gasteiger partial charge in [-0.25, -0.2) is 0 Å². The van der Waals surface area contributed by atoms with E-state index in [1.807, 2.05) is 36.4 Å². The Morgan fingerprint density at radius 1 is 1.00 bits per heavy atom. The van der Waals surface area contributed by atoms with Crippen LogP contribution in [0.4, 0.5) is 0 Å². The molecule has 0 bridgehead atoms. The molecule has 1 aromatic heterocycles. The molecule has 1 heterocycles. The number of nitrogens with zero attached hydrogens (tertiary/aromatic N) is 2. The Morgan fingerprint density at radius 2 is 1.69 bits per heavy atom. The number of rotatable bonds is 5. The van der Waals surface area contributed by atoms with Crippen LogP contribution in [0.2, 0.25) is 0 Å². The van der Waals surface area contributed by atoms with E-state index >= 15 is 0 Å². The van der Waals surface area contributed by atoms with E-state index in [1.165, 1.54) is 18.4 Å². The monoisotopic (exact) mass is 342 g/mol. The molecule has 0 saturated heterocycles. The van der Waals surface area contributed by atoms with Crippen molar-refractivity contribution in [2.45, 2.75) is 26.2 Å². The molecule has 0 aliphatic heterocycles. The second-order valence-electron chi connectivity index (χ2n) is 6.46. The van der Waals surface area contributed by atoms with E-state index in [2.05, 4.69) is 37.3 Å². The van der Waals surface area contributed by atoms with Crippen molar-refractivity contribution in [2.75, 3.05) is 0 Å². The van der Waals surface area contributed by atoms with E-state index in [0.717, 1.165) is 23.2 Å². The van der Waals surface area contributed by atoms with Crippen LogP contribution in [0.15, 0.2) is 65.5 Å². The van der Waals surface area contributed by atoms with Crippen LogP contribution >= 0.6 is 0 Å². The summed E-state index contributed by atoms with van der Waals surface area (Å²) in [6.45, 7) is 2.19. The summed E-state index contributed by atoms with van der Waals surface area (Å²) in [5.74, 6) is 0. The highest BCUT2D eigenvalue weighted by Crippen LogP contribution is 2.27. The smallest absolute Gasteiger partial charge is 0.269 e. The molecule has 2 aromatic carbocycles. The molecule has 0 atom stereocenters. The van der Waals surface area contributed by atoms with E-state index in [1.54, 1.807) is 11.6 Å². The number of hydrogen-bond acceptors (Lipinski definition) is 2. The minimum Gasteiger partial charge on any atom is -0.310 e. The normalized spacial score (nSPS) is 10.5. The molecule has 0 unspecified atom stereocenters. The molecule has 0 fully saturated rings. The van der Waals surface area contributed by atoms with E-state index in [9.17, 15) is 10.1 Å². The summed E-state index contributed by atoms with van der Waals surface area (Å²) in [6.07, 6.45) is 3.41. The van der Waals surface area contributed by atoms with E-state index in [0.29, 0.717) is 5.56 Å². The fourth-order valence-electron chi connectivity index (χ4n) is 3.15. The van der Waals surface area contributed by atoms with Gasteiger partial charge in [0.15, 0.2) is 0 Å². The fraction of sp³-hybridized carbons (Fsp3) is 0.217. The molecular formula is C23H22N2O. The summed E-state index contributed by atoms with van der Waals surface area (Å²) in [5.41, 5.74) is 4.57. The molecule has 3 heteroatoms. The van der Waals surface area contributed by atoms with Gasteiger partial charge in [0.05, 0.1) is 5.69 Å². The van der Waals surface area contributed by atoms with Crippen molar-refractivity contribution >= 4 is 0 Å². The lowest BCUT2D eigenvalue weighted by molar-refractivity contribution is 0.795. The molecule has 0 saturated carbocycles. The van der Waals surface area contributed by atoms with Gasteiger partial charge in [-0.15, -0.1) is 0 Å². The standard InChI is InChI=1S/C23H22N2O/c1-3-4-8-17-11-13-19(14-12-17)22-15-20(18-9-6-5-7-10-18)21(16-24)23(26)25(22)2/h5-7,9-15H,3-4,8H2,1-2H3.